The predicted molar refractivity (Wildman–Crippen MR) is 127 cm³/mol. The minimum absolute atomic E-state index is 0.0823. The minimum Gasteiger partial charge on any atom is -0.497 e. The van der Waals surface area contributed by atoms with Crippen LogP contribution in [-0.2, 0) is 10.0 Å². The van der Waals surface area contributed by atoms with Gasteiger partial charge in [0.05, 0.1) is 24.8 Å². The van der Waals surface area contributed by atoms with E-state index in [2.05, 4.69) is 14.6 Å². The van der Waals surface area contributed by atoms with Gasteiger partial charge in [-0.05, 0) is 36.4 Å². The molecular weight excluding hydrogens is 464 g/mol. The topological polar surface area (TPSA) is 101 Å². The molecule has 0 radical (unpaired) electrons. The minimum atomic E-state index is -3.82. The summed E-state index contributed by atoms with van der Waals surface area (Å²) in [6.07, 6.45) is 0. The number of piperazine rings is 1. The maximum absolute atomic E-state index is 12.9. The number of rotatable bonds is 7. The van der Waals surface area contributed by atoms with Crippen LogP contribution in [0, 0.1) is 0 Å². The van der Waals surface area contributed by atoms with Crippen molar-refractivity contribution in [3.8, 4) is 11.5 Å². The van der Waals surface area contributed by atoms with Crippen LogP contribution in [0.25, 0.3) is 0 Å². The first-order valence-corrected chi connectivity index (χ1v) is 12.6. The smallest absolute Gasteiger partial charge is 0.273 e. The first-order chi connectivity index (χ1) is 15.9. The van der Waals surface area contributed by atoms with E-state index in [0.717, 1.165) is 22.8 Å². The zero-order valence-corrected chi connectivity index (χ0v) is 19.9. The SMILES string of the molecule is COc1ccc(S(=O)(=O)Nc2nc(C(=O)N3CCN(c4ccccc4OC)CC3)cs2)cc1. The molecule has 3 aromatic rings. The van der Waals surface area contributed by atoms with Gasteiger partial charge in [0.15, 0.2) is 5.13 Å². The van der Waals surface area contributed by atoms with Crippen molar-refractivity contribution in [1.29, 1.82) is 0 Å². The van der Waals surface area contributed by atoms with E-state index in [4.69, 9.17) is 9.47 Å². The Morgan fingerprint density at radius 1 is 1.00 bits per heavy atom. The molecule has 1 amide bonds. The first kappa shape index (κ1) is 22.9. The van der Waals surface area contributed by atoms with E-state index in [1.54, 1.807) is 29.5 Å². The number of hydrogen-bond acceptors (Lipinski definition) is 8. The van der Waals surface area contributed by atoms with E-state index in [9.17, 15) is 13.2 Å². The van der Waals surface area contributed by atoms with Gasteiger partial charge in [0, 0.05) is 31.6 Å². The van der Waals surface area contributed by atoms with Gasteiger partial charge in [-0.25, -0.2) is 13.4 Å². The van der Waals surface area contributed by atoms with E-state index < -0.39 is 10.0 Å². The van der Waals surface area contributed by atoms with Gasteiger partial charge in [0.25, 0.3) is 15.9 Å². The van der Waals surface area contributed by atoms with Crippen molar-refractivity contribution in [2.75, 3.05) is 50.0 Å². The number of para-hydroxylation sites is 2. The predicted octanol–water partition coefficient (Wildman–Crippen LogP) is 2.92. The van der Waals surface area contributed by atoms with Crippen molar-refractivity contribution in [2.45, 2.75) is 4.90 Å². The lowest BCUT2D eigenvalue weighted by Gasteiger charge is -2.36. The number of nitrogens with one attached hydrogen (secondary N) is 1. The second-order valence-corrected chi connectivity index (χ2v) is 9.81. The highest BCUT2D eigenvalue weighted by Gasteiger charge is 2.26. The molecule has 1 fully saturated rings. The summed E-state index contributed by atoms with van der Waals surface area (Å²) in [7, 11) is -0.673. The van der Waals surface area contributed by atoms with E-state index in [0.29, 0.717) is 31.9 Å². The average molecular weight is 489 g/mol. The van der Waals surface area contributed by atoms with Crippen LogP contribution in [0.2, 0.25) is 0 Å². The molecule has 4 rings (SSSR count). The van der Waals surface area contributed by atoms with Crippen LogP contribution in [0.1, 0.15) is 10.5 Å². The molecule has 1 aromatic heterocycles. The number of methoxy groups -OCH3 is 2. The molecule has 174 valence electrons. The average Bonchev–Trinajstić information content (AvgIpc) is 3.31. The van der Waals surface area contributed by atoms with Gasteiger partial charge in [-0.2, -0.15) is 0 Å². The summed E-state index contributed by atoms with van der Waals surface area (Å²) in [4.78, 5) is 21.1. The van der Waals surface area contributed by atoms with Crippen molar-refractivity contribution >= 4 is 38.1 Å². The van der Waals surface area contributed by atoms with Crippen molar-refractivity contribution in [3.63, 3.8) is 0 Å². The Hall–Kier alpha value is -3.31. The molecule has 0 bridgehead atoms. The van der Waals surface area contributed by atoms with Crippen molar-refractivity contribution in [2.24, 2.45) is 0 Å². The molecule has 0 spiro atoms. The Morgan fingerprint density at radius 3 is 2.36 bits per heavy atom. The number of nitrogens with zero attached hydrogens (tertiary/aromatic N) is 3. The highest BCUT2D eigenvalue weighted by molar-refractivity contribution is 7.93. The van der Waals surface area contributed by atoms with Crippen LogP contribution < -0.4 is 19.1 Å². The number of carbonyl (C=O) groups excluding carboxylic acids is 1. The van der Waals surface area contributed by atoms with Crippen LogP contribution in [0.4, 0.5) is 10.8 Å². The normalized spacial score (nSPS) is 14.1. The Bertz CT molecular complexity index is 1220. The summed E-state index contributed by atoms with van der Waals surface area (Å²) in [5, 5.41) is 1.71. The van der Waals surface area contributed by atoms with Crippen molar-refractivity contribution in [1.82, 2.24) is 9.88 Å². The molecule has 33 heavy (non-hydrogen) atoms. The maximum Gasteiger partial charge on any atom is 0.273 e. The monoisotopic (exact) mass is 488 g/mol. The number of hydrogen-bond donors (Lipinski definition) is 1. The van der Waals surface area contributed by atoms with Gasteiger partial charge in [0.1, 0.15) is 17.2 Å². The fourth-order valence-corrected chi connectivity index (χ4v) is 5.49. The van der Waals surface area contributed by atoms with Gasteiger partial charge in [-0.3, -0.25) is 9.52 Å². The molecule has 1 aliphatic heterocycles. The number of aromatic nitrogens is 1. The van der Waals surface area contributed by atoms with Crippen LogP contribution in [0.15, 0.2) is 58.8 Å². The van der Waals surface area contributed by atoms with Crippen LogP contribution >= 0.6 is 11.3 Å². The van der Waals surface area contributed by atoms with Crippen LogP contribution in [0.5, 0.6) is 11.5 Å². The van der Waals surface area contributed by atoms with E-state index in [1.807, 2.05) is 24.3 Å². The molecule has 1 N–H and O–H groups in total. The summed E-state index contributed by atoms with van der Waals surface area (Å²) in [6, 6.07) is 13.8. The second-order valence-electron chi connectivity index (χ2n) is 7.27. The number of ether oxygens (including phenoxy) is 2. The van der Waals surface area contributed by atoms with Crippen molar-refractivity contribution in [3.05, 3.63) is 59.6 Å². The van der Waals surface area contributed by atoms with Gasteiger partial charge in [-0.1, -0.05) is 12.1 Å². The highest BCUT2D eigenvalue weighted by atomic mass is 32.2. The maximum atomic E-state index is 12.9. The molecule has 1 saturated heterocycles. The quantitative estimate of drug-likeness (QED) is 0.546. The number of thiazole rings is 1. The summed E-state index contributed by atoms with van der Waals surface area (Å²) < 4.78 is 38.1. The van der Waals surface area contributed by atoms with E-state index in [1.165, 1.54) is 19.2 Å². The molecule has 2 aromatic carbocycles. The molecule has 0 aliphatic carbocycles. The first-order valence-electron chi connectivity index (χ1n) is 10.2. The number of amides is 1. The van der Waals surface area contributed by atoms with Gasteiger partial charge in [-0.15, -0.1) is 11.3 Å². The molecule has 1 aliphatic rings. The molecule has 11 heteroatoms. The number of benzene rings is 2. The molecule has 9 nitrogen and oxygen atoms in total. The lowest BCUT2D eigenvalue weighted by Crippen LogP contribution is -2.49. The lowest BCUT2D eigenvalue weighted by molar-refractivity contribution is 0.0741. The van der Waals surface area contributed by atoms with Crippen LogP contribution in [-0.4, -0.2) is 64.6 Å². The molecular formula is C22H24N4O5S2. The fourth-order valence-electron chi connectivity index (χ4n) is 3.55. The second kappa shape index (κ2) is 9.67. The van der Waals surface area contributed by atoms with Gasteiger partial charge in [0.2, 0.25) is 0 Å². The van der Waals surface area contributed by atoms with Gasteiger partial charge >= 0.3 is 0 Å². The van der Waals surface area contributed by atoms with Gasteiger partial charge < -0.3 is 19.3 Å². The third-order valence-corrected chi connectivity index (χ3v) is 7.55. The number of carbonyl (C=O) groups is 1. The molecule has 2 heterocycles. The number of anilines is 2. The van der Waals surface area contributed by atoms with Crippen molar-refractivity contribution < 1.29 is 22.7 Å². The fraction of sp³-hybridized carbons (Fsp3) is 0.273. The zero-order valence-electron chi connectivity index (χ0n) is 18.2. The Balaban J connectivity index is 1.39. The summed E-state index contributed by atoms with van der Waals surface area (Å²) in [5.74, 6) is 1.13. The van der Waals surface area contributed by atoms with E-state index >= 15 is 0 Å². The largest absolute Gasteiger partial charge is 0.497 e. The zero-order chi connectivity index (χ0) is 23.4. The summed E-state index contributed by atoms with van der Waals surface area (Å²) in [6.45, 7) is 2.38. The molecule has 0 atom stereocenters. The molecule has 0 unspecified atom stereocenters. The third-order valence-electron chi connectivity index (χ3n) is 5.31. The number of sulfonamides is 1. The Kier molecular flexibility index (Phi) is 6.70. The summed E-state index contributed by atoms with van der Waals surface area (Å²) in [5.41, 5.74) is 1.22. The highest BCUT2D eigenvalue weighted by Crippen LogP contribution is 2.29. The van der Waals surface area contributed by atoms with E-state index in [-0.39, 0.29) is 21.6 Å². The third kappa shape index (κ3) is 5.04. The van der Waals surface area contributed by atoms with Crippen LogP contribution in [0.3, 0.4) is 0 Å². The molecule has 0 saturated carbocycles. The Morgan fingerprint density at radius 2 is 1.70 bits per heavy atom. The Labute approximate surface area is 196 Å². The lowest BCUT2D eigenvalue weighted by atomic mass is 10.2. The summed E-state index contributed by atoms with van der Waals surface area (Å²) >= 11 is 1.07. The standard InChI is InChI=1S/C22H24N4O5S2/c1-30-16-7-9-17(10-8-16)33(28,29)24-22-23-18(15-32-22)21(27)26-13-11-25(12-14-26)19-5-3-4-6-20(19)31-2/h3-10,15H,11-14H2,1-2H3,(H,23,24).